The molecule has 6 rings (SSSR count). The van der Waals surface area contributed by atoms with Crippen molar-refractivity contribution < 1.29 is 19.1 Å². The minimum atomic E-state index is -0.569. The Hall–Kier alpha value is -2.45. The van der Waals surface area contributed by atoms with E-state index in [1.165, 1.54) is 19.5 Å². The Morgan fingerprint density at radius 2 is 1.88 bits per heavy atom. The van der Waals surface area contributed by atoms with Gasteiger partial charge < -0.3 is 14.5 Å². The van der Waals surface area contributed by atoms with Gasteiger partial charge in [0.05, 0.1) is 5.60 Å². The first kappa shape index (κ1) is 21.1. The van der Waals surface area contributed by atoms with Crippen molar-refractivity contribution in [2.75, 3.05) is 44.7 Å². The summed E-state index contributed by atoms with van der Waals surface area (Å²) < 4.78 is 6.07. The molecule has 0 spiro atoms. The van der Waals surface area contributed by atoms with E-state index in [4.69, 9.17) is 4.74 Å². The lowest BCUT2D eigenvalue weighted by molar-refractivity contribution is -0.136. The number of hydrogen-bond donors (Lipinski definition) is 1. The molecule has 0 bridgehead atoms. The first-order chi connectivity index (χ1) is 15.9. The number of imide groups is 1. The molecule has 0 aromatic heterocycles. The molecular weight excluding hydrogens is 420 g/mol. The summed E-state index contributed by atoms with van der Waals surface area (Å²) in [5.41, 5.74) is 2.60. The van der Waals surface area contributed by atoms with Crippen molar-refractivity contribution in [2.45, 2.75) is 50.3 Å². The maximum absolute atomic E-state index is 13.1. The molecule has 1 saturated carbocycles. The van der Waals surface area contributed by atoms with Crippen LogP contribution in [0.5, 0.6) is 0 Å². The molecule has 4 fully saturated rings. The predicted molar refractivity (Wildman–Crippen MR) is 122 cm³/mol. The molecule has 3 atom stereocenters. The van der Waals surface area contributed by atoms with Crippen LogP contribution in [0.1, 0.15) is 48.0 Å². The minimum Gasteiger partial charge on any atom is -0.377 e. The van der Waals surface area contributed by atoms with Gasteiger partial charge in [-0.3, -0.25) is 24.6 Å². The van der Waals surface area contributed by atoms with Crippen molar-refractivity contribution in [3.05, 3.63) is 29.3 Å². The Labute approximate surface area is 194 Å². The van der Waals surface area contributed by atoms with Crippen LogP contribution >= 0.6 is 0 Å². The summed E-state index contributed by atoms with van der Waals surface area (Å²) in [4.78, 5) is 43.5. The monoisotopic (exact) mass is 452 g/mol. The largest absolute Gasteiger partial charge is 0.377 e. The standard InChI is InChI=1S/C25H32N4O4/c1-33-25(15-27-12-17-10-18(17)13-27)6-8-28(9-7-25)19-3-2-16-14-29(24(32)20(16)11-19)21-4-5-22(30)26-23(21)31/h2-3,11,17-18,21H,4-10,12-15H2,1H3,(H,26,30,31). The summed E-state index contributed by atoms with van der Waals surface area (Å²) in [6.45, 7) is 5.71. The third kappa shape index (κ3) is 3.73. The number of carbonyl (C=O) groups excluding carboxylic acids is 3. The number of likely N-dealkylation sites (tertiary alicyclic amines) is 1. The number of benzene rings is 1. The number of nitrogens with one attached hydrogen (secondary N) is 1. The maximum atomic E-state index is 13.1. The lowest BCUT2D eigenvalue weighted by atomic mass is 9.90. The highest BCUT2D eigenvalue weighted by Gasteiger charge is 2.47. The van der Waals surface area contributed by atoms with Gasteiger partial charge in [0, 0.05) is 64.0 Å². The lowest BCUT2D eigenvalue weighted by Gasteiger charge is -2.43. The zero-order chi connectivity index (χ0) is 22.7. The van der Waals surface area contributed by atoms with Crippen molar-refractivity contribution in [2.24, 2.45) is 11.8 Å². The summed E-state index contributed by atoms with van der Waals surface area (Å²) in [6, 6.07) is 5.52. The number of carbonyl (C=O) groups is 3. The fourth-order valence-corrected chi connectivity index (χ4v) is 6.37. The van der Waals surface area contributed by atoms with Gasteiger partial charge in [-0.05, 0) is 55.2 Å². The molecule has 1 N–H and O–H groups in total. The van der Waals surface area contributed by atoms with E-state index in [0.717, 1.165) is 55.6 Å². The van der Waals surface area contributed by atoms with Gasteiger partial charge in [-0.15, -0.1) is 0 Å². The van der Waals surface area contributed by atoms with E-state index < -0.39 is 6.04 Å². The van der Waals surface area contributed by atoms with Gasteiger partial charge in [-0.25, -0.2) is 0 Å². The maximum Gasteiger partial charge on any atom is 0.255 e. The Morgan fingerprint density at radius 3 is 2.58 bits per heavy atom. The zero-order valence-corrected chi connectivity index (χ0v) is 19.2. The molecule has 4 heterocycles. The first-order valence-electron chi connectivity index (χ1n) is 12.2. The highest BCUT2D eigenvalue weighted by atomic mass is 16.5. The van der Waals surface area contributed by atoms with Crippen LogP contribution in [0.2, 0.25) is 0 Å². The second kappa shape index (κ2) is 7.81. The van der Waals surface area contributed by atoms with Crippen LogP contribution in [0.25, 0.3) is 0 Å². The predicted octanol–water partition coefficient (Wildman–Crippen LogP) is 1.38. The van der Waals surface area contributed by atoms with Gasteiger partial charge in [-0.2, -0.15) is 0 Å². The van der Waals surface area contributed by atoms with Crippen LogP contribution in [0.15, 0.2) is 18.2 Å². The molecule has 8 heteroatoms. The molecule has 3 unspecified atom stereocenters. The van der Waals surface area contributed by atoms with E-state index in [2.05, 4.69) is 21.2 Å². The molecule has 176 valence electrons. The number of hydrogen-bond acceptors (Lipinski definition) is 6. The Balaban J connectivity index is 1.12. The fraction of sp³-hybridized carbons (Fsp3) is 0.640. The molecule has 3 saturated heterocycles. The zero-order valence-electron chi connectivity index (χ0n) is 19.2. The summed E-state index contributed by atoms with van der Waals surface area (Å²) in [6.07, 6.45) is 4.03. The molecule has 8 nitrogen and oxygen atoms in total. The molecule has 4 aliphatic heterocycles. The third-order valence-corrected chi connectivity index (χ3v) is 8.55. The van der Waals surface area contributed by atoms with Crippen molar-refractivity contribution in [1.82, 2.24) is 15.1 Å². The van der Waals surface area contributed by atoms with Gasteiger partial charge in [-0.1, -0.05) is 6.07 Å². The fourth-order valence-electron chi connectivity index (χ4n) is 6.37. The van der Waals surface area contributed by atoms with E-state index in [0.29, 0.717) is 18.5 Å². The van der Waals surface area contributed by atoms with Crippen LogP contribution in [-0.2, 0) is 20.9 Å². The Kier molecular flexibility index (Phi) is 4.99. The molecule has 1 aliphatic carbocycles. The number of amides is 3. The SMILES string of the molecule is COC1(CN2CC3CC3C2)CCN(c2ccc3c(c2)C(=O)N(C2CCC(=O)NC2=O)C3)CC1. The van der Waals surface area contributed by atoms with Gasteiger partial charge in [0.1, 0.15) is 6.04 Å². The van der Waals surface area contributed by atoms with E-state index >= 15 is 0 Å². The molecule has 1 aromatic carbocycles. The average Bonchev–Trinajstić information content (AvgIpc) is 3.29. The number of methoxy groups -OCH3 is 1. The molecule has 1 aromatic rings. The number of piperidine rings is 3. The molecule has 3 amide bonds. The minimum absolute atomic E-state index is 0.0809. The summed E-state index contributed by atoms with van der Waals surface area (Å²) >= 11 is 0. The van der Waals surface area contributed by atoms with E-state index in [1.807, 2.05) is 19.2 Å². The number of fused-ring (bicyclic) bond motifs is 2. The van der Waals surface area contributed by atoms with Gasteiger partial charge in [0.2, 0.25) is 11.8 Å². The summed E-state index contributed by atoms with van der Waals surface area (Å²) in [7, 11) is 1.85. The second-order valence-electron chi connectivity index (χ2n) is 10.6. The van der Waals surface area contributed by atoms with Crippen LogP contribution in [-0.4, -0.2) is 79.0 Å². The highest BCUT2D eigenvalue weighted by Crippen LogP contribution is 2.46. The number of anilines is 1. The van der Waals surface area contributed by atoms with Crippen LogP contribution < -0.4 is 10.2 Å². The first-order valence-corrected chi connectivity index (χ1v) is 12.2. The summed E-state index contributed by atoms with van der Waals surface area (Å²) in [5.74, 6) is 1.12. The molecule has 0 radical (unpaired) electrons. The van der Waals surface area contributed by atoms with Gasteiger partial charge in [0.25, 0.3) is 5.91 Å². The van der Waals surface area contributed by atoms with E-state index in [-0.39, 0.29) is 29.7 Å². The molecule has 33 heavy (non-hydrogen) atoms. The number of ether oxygens (including phenoxy) is 1. The second-order valence-corrected chi connectivity index (χ2v) is 10.6. The highest BCUT2D eigenvalue weighted by molar-refractivity contribution is 6.05. The Bertz CT molecular complexity index is 992. The molecule has 5 aliphatic rings. The Morgan fingerprint density at radius 1 is 1.12 bits per heavy atom. The van der Waals surface area contributed by atoms with E-state index in [9.17, 15) is 14.4 Å². The number of rotatable bonds is 5. The van der Waals surface area contributed by atoms with Crippen molar-refractivity contribution in [3.8, 4) is 0 Å². The van der Waals surface area contributed by atoms with Crippen molar-refractivity contribution in [1.29, 1.82) is 0 Å². The molecular formula is C25H32N4O4. The smallest absolute Gasteiger partial charge is 0.255 e. The van der Waals surface area contributed by atoms with Crippen LogP contribution in [0.4, 0.5) is 5.69 Å². The van der Waals surface area contributed by atoms with Gasteiger partial charge >= 0.3 is 0 Å². The van der Waals surface area contributed by atoms with Crippen molar-refractivity contribution >= 4 is 23.4 Å². The van der Waals surface area contributed by atoms with Crippen LogP contribution in [0.3, 0.4) is 0 Å². The van der Waals surface area contributed by atoms with Crippen molar-refractivity contribution in [3.63, 3.8) is 0 Å². The van der Waals surface area contributed by atoms with Gasteiger partial charge in [0.15, 0.2) is 0 Å². The normalized spacial score (nSPS) is 30.9. The van der Waals surface area contributed by atoms with Crippen LogP contribution in [0, 0.1) is 11.8 Å². The lowest BCUT2D eigenvalue weighted by Crippen LogP contribution is -2.52. The summed E-state index contributed by atoms with van der Waals surface area (Å²) in [5, 5.41) is 2.36. The quantitative estimate of drug-likeness (QED) is 0.680. The topological polar surface area (TPSA) is 82.2 Å². The average molecular weight is 453 g/mol. The van der Waals surface area contributed by atoms with E-state index in [1.54, 1.807) is 4.90 Å². The third-order valence-electron chi connectivity index (χ3n) is 8.55. The number of nitrogens with zero attached hydrogens (tertiary/aromatic N) is 3.